The molecule has 1 fully saturated rings. The molecule has 2 atom stereocenters. The third-order valence-corrected chi connectivity index (χ3v) is 3.70. The van der Waals surface area contributed by atoms with Gasteiger partial charge in [-0.3, -0.25) is 4.68 Å². The Bertz CT molecular complexity index is 317. The zero-order valence-electron chi connectivity index (χ0n) is 9.20. The Morgan fingerprint density at radius 1 is 1.53 bits per heavy atom. The molecule has 1 aromatic rings. The summed E-state index contributed by atoms with van der Waals surface area (Å²) in [5.74, 6) is 0.600. The van der Waals surface area contributed by atoms with E-state index in [2.05, 4.69) is 38.5 Å². The fourth-order valence-electron chi connectivity index (χ4n) is 2.48. The predicted molar refractivity (Wildman–Crippen MR) is 62.8 cm³/mol. The summed E-state index contributed by atoms with van der Waals surface area (Å²) in [5, 5.41) is 11.6. The fourth-order valence-corrected chi connectivity index (χ4v) is 3.13. The third kappa shape index (κ3) is 2.23. The molecule has 4 nitrogen and oxygen atoms in total. The Hall–Kier alpha value is -0.420. The lowest BCUT2D eigenvalue weighted by molar-refractivity contribution is 0.526. The minimum absolute atomic E-state index is 0.600. The van der Waals surface area contributed by atoms with Gasteiger partial charge in [-0.25, -0.2) is 0 Å². The van der Waals surface area contributed by atoms with Crippen molar-refractivity contribution in [1.29, 1.82) is 0 Å². The van der Waals surface area contributed by atoms with E-state index in [9.17, 15) is 0 Å². The highest BCUT2D eigenvalue weighted by atomic mass is 79.9. The molecule has 2 rings (SSSR count). The van der Waals surface area contributed by atoms with Crippen LogP contribution in [0.4, 0.5) is 0 Å². The van der Waals surface area contributed by atoms with Crippen LogP contribution >= 0.6 is 15.9 Å². The van der Waals surface area contributed by atoms with Gasteiger partial charge in [0.2, 0.25) is 0 Å². The second-order valence-corrected chi connectivity index (χ2v) is 4.90. The van der Waals surface area contributed by atoms with E-state index in [-0.39, 0.29) is 0 Å². The van der Waals surface area contributed by atoms with Gasteiger partial charge < -0.3 is 5.32 Å². The van der Waals surface area contributed by atoms with Crippen molar-refractivity contribution in [3.63, 3.8) is 0 Å². The number of aromatic nitrogens is 3. The number of nitrogens with zero attached hydrogens (tertiary/aromatic N) is 3. The predicted octanol–water partition coefficient (Wildman–Crippen LogP) is 1.82. The lowest BCUT2D eigenvalue weighted by Gasteiger charge is -2.12. The van der Waals surface area contributed by atoms with Crippen LogP contribution in [0.2, 0.25) is 0 Å². The average molecular weight is 273 g/mol. The molecule has 1 aliphatic carbocycles. The zero-order chi connectivity index (χ0) is 10.8. The highest BCUT2D eigenvalue weighted by Gasteiger charge is 2.29. The highest BCUT2D eigenvalue weighted by Crippen LogP contribution is 2.36. The van der Waals surface area contributed by atoms with E-state index in [1.165, 1.54) is 25.0 Å². The molecule has 1 saturated carbocycles. The first-order chi connectivity index (χ1) is 7.22. The Kier molecular flexibility index (Phi) is 3.41. The van der Waals surface area contributed by atoms with Crippen LogP contribution in [0.25, 0.3) is 0 Å². The van der Waals surface area contributed by atoms with Crippen LogP contribution < -0.4 is 5.32 Å². The summed E-state index contributed by atoms with van der Waals surface area (Å²) in [6.45, 7) is 3.22. The van der Waals surface area contributed by atoms with E-state index in [4.69, 9.17) is 0 Å². The number of rotatable bonds is 3. The largest absolute Gasteiger partial charge is 0.314 e. The van der Waals surface area contributed by atoms with Crippen molar-refractivity contribution in [2.24, 2.45) is 7.05 Å². The number of nitrogens with one attached hydrogen (secondary N) is 1. The molecule has 0 saturated heterocycles. The van der Waals surface area contributed by atoms with Crippen molar-refractivity contribution in [2.45, 2.75) is 38.1 Å². The van der Waals surface area contributed by atoms with Gasteiger partial charge in [0, 0.05) is 19.0 Å². The standard InChI is InChI=1S/C10H17BrN4/c1-3-12-8-5-4-7(6-8)9-10(11)13-14-15(9)2/h7-8,12H,3-6H2,1-2H3. The van der Waals surface area contributed by atoms with Gasteiger partial charge in [0.05, 0.1) is 5.69 Å². The zero-order valence-corrected chi connectivity index (χ0v) is 10.8. The van der Waals surface area contributed by atoms with Gasteiger partial charge in [0.15, 0.2) is 4.60 Å². The molecule has 0 aliphatic heterocycles. The van der Waals surface area contributed by atoms with Gasteiger partial charge in [-0.2, -0.15) is 0 Å². The van der Waals surface area contributed by atoms with Gasteiger partial charge >= 0.3 is 0 Å². The molecule has 2 unspecified atom stereocenters. The molecular weight excluding hydrogens is 256 g/mol. The Labute approximate surface area is 98.6 Å². The van der Waals surface area contributed by atoms with E-state index in [0.717, 1.165) is 11.1 Å². The molecule has 15 heavy (non-hydrogen) atoms. The van der Waals surface area contributed by atoms with Crippen LogP contribution in [0.5, 0.6) is 0 Å². The highest BCUT2D eigenvalue weighted by molar-refractivity contribution is 9.10. The first-order valence-electron chi connectivity index (χ1n) is 5.50. The maximum absolute atomic E-state index is 4.04. The van der Waals surface area contributed by atoms with Gasteiger partial charge in [-0.1, -0.05) is 12.1 Å². The Morgan fingerprint density at radius 2 is 2.33 bits per heavy atom. The molecule has 0 spiro atoms. The van der Waals surface area contributed by atoms with E-state index >= 15 is 0 Å². The summed E-state index contributed by atoms with van der Waals surface area (Å²) in [7, 11) is 1.97. The lowest BCUT2D eigenvalue weighted by atomic mass is 10.0. The molecule has 1 aliphatic rings. The SMILES string of the molecule is CCNC1CCC(c2c(Br)nnn2C)C1. The van der Waals surface area contributed by atoms with Crippen molar-refractivity contribution in [2.75, 3.05) is 6.54 Å². The summed E-state index contributed by atoms with van der Waals surface area (Å²) < 4.78 is 2.80. The van der Waals surface area contributed by atoms with Crippen LogP contribution in [-0.4, -0.2) is 27.6 Å². The quantitative estimate of drug-likeness (QED) is 0.913. The summed E-state index contributed by atoms with van der Waals surface area (Å²) in [6.07, 6.45) is 3.70. The molecular formula is C10H17BrN4. The molecule has 5 heteroatoms. The van der Waals surface area contributed by atoms with Crippen molar-refractivity contribution in [3.8, 4) is 0 Å². The molecule has 0 aromatic carbocycles. The molecule has 1 N–H and O–H groups in total. The molecule has 1 heterocycles. The molecule has 0 radical (unpaired) electrons. The molecule has 84 valence electrons. The Morgan fingerprint density at radius 3 is 2.93 bits per heavy atom. The van der Waals surface area contributed by atoms with Gasteiger partial charge in [-0.15, -0.1) is 5.10 Å². The number of hydrogen-bond acceptors (Lipinski definition) is 3. The monoisotopic (exact) mass is 272 g/mol. The third-order valence-electron chi connectivity index (χ3n) is 3.14. The van der Waals surface area contributed by atoms with Gasteiger partial charge in [0.25, 0.3) is 0 Å². The summed E-state index contributed by atoms with van der Waals surface area (Å²) in [6, 6.07) is 0.668. The smallest absolute Gasteiger partial charge is 0.151 e. The Balaban J connectivity index is 2.07. The topological polar surface area (TPSA) is 42.7 Å². The van der Waals surface area contributed by atoms with Crippen LogP contribution in [-0.2, 0) is 7.05 Å². The van der Waals surface area contributed by atoms with Crippen molar-refractivity contribution in [1.82, 2.24) is 20.3 Å². The fraction of sp³-hybridized carbons (Fsp3) is 0.800. The van der Waals surface area contributed by atoms with Crippen LogP contribution in [0, 0.1) is 0 Å². The molecule has 1 aromatic heterocycles. The van der Waals surface area contributed by atoms with Gasteiger partial charge in [-0.05, 0) is 41.7 Å². The van der Waals surface area contributed by atoms with Crippen molar-refractivity contribution < 1.29 is 0 Å². The lowest BCUT2D eigenvalue weighted by Crippen LogP contribution is -2.25. The van der Waals surface area contributed by atoms with Crippen molar-refractivity contribution in [3.05, 3.63) is 10.3 Å². The summed E-state index contributed by atoms with van der Waals surface area (Å²) in [4.78, 5) is 0. The molecule has 0 bridgehead atoms. The number of hydrogen-bond donors (Lipinski definition) is 1. The second-order valence-electron chi connectivity index (χ2n) is 4.15. The van der Waals surface area contributed by atoms with Crippen molar-refractivity contribution >= 4 is 15.9 Å². The number of halogens is 1. The average Bonchev–Trinajstić information content (AvgIpc) is 2.75. The van der Waals surface area contributed by atoms with E-state index < -0.39 is 0 Å². The van der Waals surface area contributed by atoms with E-state index in [1.54, 1.807) is 0 Å². The minimum Gasteiger partial charge on any atom is -0.314 e. The van der Waals surface area contributed by atoms with Crippen LogP contribution in [0.15, 0.2) is 4.60 Å². The molecule has 0 amide bonds. The maximum Gasteiger partial charge on any atom is 0.151 e. The van der Waals surface area contributed by atoms with E-state index in [1.807, 2.05) is 11.7 Å². The second kappa shape index (κ2) is 4.61. The maximum atomic E-state index is 4.04. The minimum atomic E-state index is 0.600. The van der Waals surface area contributed by atoms with Crippen LogP contribution in [0.3, 0.4) is 0 Å². The summed E-state index contributed by atoms with van der Waals surface area (Å²) in [5.41, 5.74) is 1.25. The first kappa shape index (κ1) is 11.1. The van der Waals surface area contributed by atoms with E-state index in [0.29, 0.717) is 12.0 Å². The normalized spacial score (nSPS) is 26.1. The van der Waals surface area contributed by atoms with Gasteiger partial charge in [0.1, 0.15) is 0 Å². The number of aryl methyl sites for hydroxylation is 1. The first-order valence-corrected chi connectivity index (χ1v) is 6.30. The van der Waals surface area contributed by atoms with Crippen LogP contribution in [0.1, 0.15) is 37.8 Å². The summed E-state index contributed by atoms with van der Waals surface area (Å²) >= 11 is 3.47.